The van der Waals surface area contributed by atoms with Gasteiger partial charge >= 0.3 is 5.97 Å². The van der Waals surface area contributed by atoms with Gasteiger partial charge in [-0.1, -0.05) is 0 Å². The lowest BCUT2D eigenvalue weighted by Crippen LogP contribution is -2.57. The number of carbonyl (C=O) groups excluding carboxylic acids is 4. The number of nitrogens with two attached hydrogens (primary N) is 3. The normalized spacial score (nSPS) is 18.7. The molecule has 1 aliphatic heterocycles. The molecule has 1 saturated heterocycles. The smallest absolute Gasteiger partial charge is 0.328 e. The van der Waals surface area contributed by atoms with E-state index in [0.29, 0.717) is 32.2 Å². The lowest BCUT2D eigenvalue weighted by atomic mass is 10.1. The van der Waals surface area contributed by atoms with Crippen molar-refractivity contribution in [2.45, 2.75) is 62.7 Å². The maximum Gasteiger partial charge on any atom is 0.328 e. The summed E-state index contributed by atoms with van der Waals surface area (Å²) in [4.78, 5) is 61.3. The van der Waals surface area contributed by atoms with Gasteiger partial charge in [-0.05, 0) is 38.6 Å². The second-order valence-electron chi connectivity index (χ2n) is 7.39. The number of rotatable bonds is 13. The number of carboxylic acids is 1. The monoisotopic (exact) mass is 444 g/mol. The highest BCUT2D eigenvalue weighted by Gasteiger charge is 2.39. The first kappa shape index (κ1) is 26.3. The highest BCUT2D eigenvalue weighted by Crippen LogP contribution is 2.20. The van der Waals surface area contributed by atoms with Gasteiger partial charge in [-0.3, -0.25) is 19.2 Å². The van der Waals surface area contributed by atoms with Crippen molar-refractivity contribution in [3.05, 3.63) is 0 Å². The number of aliphatic hydroxyl groups is 1. The van der Waals surface area contributed by atoms with E-state index in [1.807, 2.05) is 0 Å². The first-order chi connectivity index (χ1) is 14.6. The molecule has 0 radical (unpaired) electrons. The zero-order chi connectivity index (χ0) is 23.6. The Balaban J connectivity index is 2.92. The predicted molar refractivity (Wildman–Crippen MR) is 108 cm³/mol. The molecule has 0 spiro atoms. The van der Waals surface area contributed by atoms with Crippen LogP contribution in [0.4, 0.5) is 0 Å². The van der Waals surface area contributed by atoms with Crippen LogP contribution in [-0.4, -0.2) is 88.6 Å². The number of likely N-dealkylation sites (tertiary alicyclic amines) is 1. The summed E-state index contributed by atoms with van der Waals surface area (Å²) in [5, 5.41) is 22.8. The number of carboxylic acid groups (broad SMARTS) is 1. The van der Waals surface area contributed by atoms with Gasteiger partial charge in [-0.25, -0.2) is 4.79 Å². The molecule has 0 aromatic rings. The molecule has 4 unspecified atom stereocenters. The quantitative estimate of drug-likeness (QED) is 0.139. The lowest BCUT2D eigenvalue weighted by molar-refractivity contribution is -0.145. The third kappa shape index (κ3) is 8.11. The van der Waals surface area contributed by atoms with E-state index in [9.17, 15) is 24.0 Å². The lowest BCUT2D eigenvalue weighted by Gasteiger charge is -2.29. The molecule has 4 amide bonds. The van der Waals surface area contributed by atoms with E-state index in [-0.39, 0.29) is 19.4 Å². The fourth-order valence-electron chi connectivity index (χ4n) is 3.30. The maximum atomic E-state index is 13.1. The summed E-state index contributed by atoms with van der Waals surface area (Å²) in [5.41, 5.74) is 16.2. The third-order valence-corrected chi connectivity index (χ3v) is 4.96. The van der Waals surface area contributed by atoms with Gasteiger partial charge in [0.1, 0.15) is 18.1 Å². The molecule has 1 heterocycles. The standard InChI is InChI=1S/C18H32N6O7/c19-6-2-1-4-11(22-15(27)10(20)8-14(21)26)17(29)24-7-3-5-13(24)16(28)23-12(9-25)18(30)31/h10-13,25H,1-9,19-20H2,(H2,21,26)(H,22,27)(H,23,28)(H,30,31). The number of aliphatic carboxylic acids is 1. The minimum atomic E-state index is -1.49. The van der Waals surface area contributed by atoms with E-state index in [1.54, 1.807) is 0 Å². The number of hydrogen-bond donors (Lipinski definition) is 7. The number of primary amides is 1. The summed E-state index contributed by atoms with van der Waals surface area (Å²) in [6, 6.07) is -4.65. The molecule has 10 N–H and O–H groups in total. The topological polar surface area (TPSA) is 231 Å². The Morgan fingerprint density at radius 2 is 1.77 bits per heavy atom. The van der Waals surface area contributed by atoms with Crippen LogP contribution < -0.4 is 27.8 Å². The molecule has 0 aromatic heterocycles. The van der Waals surface area contributed by atoms with Gasteiger partial charge in [-0.15, -0.1) is 0 Å². The summed E-state index contributed by atoms with van der Waals surface area (Å²) in [7, 11) is 0. The van der Waals surface area contributed by atoms with E-state index in [1.165, 1.54) is 4.90 Å². The van der Waals surface area contributed by atoms with Gasteiger partial charge in [0.15, 0.2) is 0 Å². The van der Waals surface area contributed by atoms with Crippen LogP contribution in [0.5, 0.6) is 0 Å². The van der Waals surface area contributed by atoms with E-state index < -0.39 is 60.4 Å². The first-order valence-electron chi connectivity index (χ1n) is 10.1. The molecule has 1 rings (SSSR count). The molecule has 1 fully saturated rings. The van der Waals surface area contributed by atoms with Gasteiger partial charge in [-0.2, -0.15) is 0 Å². The van der Waals surface area contributed by atoms with Gasteiger partial charge in [0.25, 0.3) is 0 Å². The molecule has 13 nitrogen and oxygen atoms in total. The van der Waals surface area contributed by atoms with E-state index >= 15 is 0 Å². The summed E-state index contributed by atoms with van der Waals surface area (Å²) in [5.74, 6) is -4.12. The minimum Gasteiger partial charge on any atom is -0.480 e. The van der Waals surface area contributed by atoms with Crippen molar-refractivity contribution < 1.29 is 34.2 Å². The molecule has 1 aliphatic rings. The van der Waals surface area contributed by atoms with Crippen molar-refractivity contribution in [1.29, 1.82) is 0 Å². The van der Waals surface area contributed by atoms with Crippen molar-refractivity contribution in [1.82, 2.24) is 15.5 Å². The van der Waals surface area contributed by atoms with Crippen LogP contribution in [0.1, 0.15) is 38.5 Å². The van der Waals surface area contributed by atoms with Crippen molar-refractivity contribution >= 4 is 29.6 Å². The number of nitrogens with one attached hydrogen (secondary N) is 2. The van der Waals surface area contributed by atoms with Crippen LogP contribution in [0.2, 0.25) is 0 Å². The highest BCUT2D eigenvalue weighted by atomic mass is 16.4. The highest BCUT2D eigenvalue weighted by molar-refractivity contribution is 5.95. The van der Waals surface area contributed by atoms with Gasteiger partial charge < -0.3 is 42.9 Å². The molecule has 0 bridgehead atoms. The SMILES string of the molecule is NCCCCC(NC(=O)C(N)CC(N)=O)C(=O)N1CCCC1C(=O)NC(CO)C(=O)O. The van der Waals surface area contributed by atoms with Gasteiger partial charge in [0.2, 0.25) is 23.6 Å². The van der Waals surface area contributed by atoms with E-state index in [0.717, 1.165) is 0 Å². The molecular formula is C18H32N6O7. The molecule has 13 heteroatoms. The zero-order valence-corrected chi connectivity index (χ0v) is 17.3. The summed E-state index contributed by atoms with van der Waals surface area (Å²) in [6.07, 6.45) is 1.79. The first-order valence-corrected chi connectivity index (χ1v) is 10.1. The van der Waals surface area contributed by atoms with Crippen LogP contribution in [0.3, 0.4) is 0 Å². The number of nitrogens with zero attached hydrogens (tertiary/aromatic N) is 1. The molecule has 0 aromatic carbocycles. The summed E-state index contributed by atoms with van der Waals surface area (Å²) >= 11 is 0. The Labute approximate surface area is 179 Å². The summed E-state index contributed by atoms with van der Waals surface area (Å²) in [6.45, 7) is -0.163. The predicted octanol–water partition coefficient (Wildman–Crippen LogP) is -3.64. The zero-order valence-electron chi connectivity index (χ0n) is 17.3. The number of amides is 4. The number of unbranched alkanes of at least 4 members (excludes halogenated alkanes) is 1. The molecular weight excluding hydrogens is 412 g/mol. The molecule has 4 atom stereocenters. The fraction of sp³-hybridized carbons (Fsp3) is 0.722. The van der Waals surface area contributed by atoms with Crippen molar-refractivity contribution in [2.24, 2.45) is 17.2 Å². The van der Waals surface area contributed by atoms with Crippen LogP contribution in [-0.2, 0) is 24.0 Å². The van der Waals surface area contributed by atoms with Gasteiger partial charge in [0.05, 0.1) is 19.1 Å². The van der Waals surface area contributed by atoms with Crippen molar-refractivity contribution in [2.75, 3.05) is 19.7 Å². The van der Waals surface area contributed by atoms with Crippen LogP contribution in [0, 0.1) is 0 Å². The Morgan fingerprint density at radius 3 is 2.32 bits per heavy atom. The molecule has 0 saturated carbocycles. The summed E-state index contributed by atoms with van der Waals surface area (Å²) < 4.78 is 0. The van der Waals surface area contributed by atoms with Crippen LogP contribution >= 0.6 is 0 Å². The second-order valence-corrected chi connectivity index (χ2v) is 7.39. The van der Waals surface area contributed by atoms with E-state index in [2.05, 4.69) is 10.6 Å². The average Bonchev–Trinajstić information content (AvgIpc) is 3.19. The molecule has 0 aliphatic carbocycles. The van der Waals surface area contributed by atoms with Gasteiger partial charge in [0, 0.05) is 6.54 Å². The van der Waals surface area contributed by atoms with Crippen molar-refractivity contribution in [3.63, 3.8) is 0 Å². The second kappa shape index (κ2) is 12.8. The van der Waals surface area contributed by atoms with Crippen LogP contribution in [0.25, 0.3) is 0 Å². The average molecular weight is 444 g/mol. The maximum absolute atomic E-state index is 13.1. The Kier molecular flexibility index (Phi) is 10.9. The molecule has 31 heavy (non-hydrogen) atoms. The van der Waals surface area contributed by atoms with Crippen molar-refractivity contribution in [3.8, 4) is 0 Å². The Hall–Kier alpha value is -2.77. The fourth-order valence-corrected chi connectivity index (χ4v) is 3.30. The number of carbonyl (C=O) groups is 5. The molecule has 176 valence electrons. The Morgan fingerprint density at radius 1 is 1.10 bits per heavy atom. The van der Waals surface area contributed by atoms with Crippen LogP contribution in [0.15, 0.2) is 0 Å². The largest absolute Gasteiger partial charge is 0.480 e. The third-order valence-electron chi connectivity index (χ3n) is 4.96. The number of aliphatic hydroxyl groups excluding tert-OH is 1. The Bertz CT molecular complexity index is 674. The number of hydrogen-bond acceptors (Lipinski definition) is 8. The van der Waals surface area contributed by atoms with E-state index in [4.69, 9.17) is 27.4 Å². The minimum absolute atomic E-state index is 0.240.